The fraction of sp³-hybridized carbons (Fsp3) is 0.136. The van der Waals surface area contributed by atoms with Crippen LogP contribution in [0.4, 0.5) is 0 Å². The van der Waals surface area contributed by atoms with E-state index in [0.29, 0.717) is 17.8 Å². The van der Waals surface area contributed by atoms with Crippen molar-refractivity contribution in [1.82, 2.24) is 25.2 Å². The van der Waals surface area contributed by atoms with Gasteiger partial charge in [-0.3, -0.25) is 9.59 Å². The van der Waals surface area contributed by atoms with Crippen LogP contribution in [0.5, 0.6) is 0 Å². The minimum Gasteiger partial charge on any atom is -0.481 e. The lowest BCUT2D eigenvalue weighted by atomic mass is 10.1. The van der Waals surface area contributed by atoms with E-state index in [2.05, 4.69) is 20.6 Å². The van der Waals surface area contributed by atoms with E-state index in [-0.39, 0.29) is 6.42 Å². The molecule has 2 heterocycles. The van der Waals surface area contributed by atoms with Gasteiger partial charge in [-0.05, 0) is 60.0 Å². The molecule has 0 aliphatic rings. The third kappa shape index (κ3) is 4.06. The molecule has 9 nitrogen and oxygen atoms in total. The van der Waals surface area contributed by atoms with Crippen molar-refractivity contribution in [3.05, 3.63) is 71.4 Å². The minimum absolute atomic E-state index is 0.0125. The van der Waals surface area contributed by atoms with Crippen LogP contribution in [0.3, 0.4) is 0 Å². The molecule has 31 heavy (non-hydrogen) atoms. The highest BCUT2D eigenvalue weighted by Crippen LogP contribution is 2.30. The first kappa shape index (κ1) is 20.0. The van der Waals surface area contributed by atoms with Gasteiger partial charge in [-0.15, -0.1) is 10.2 Å². The minimum atomic E-state index is -0.862. The summed E-state index contributed by atoms with van der Waals surface area (Å²) in [6, 6.07) is 16.8. The van der Waals surface area contributed by atoms with Crippen molar-refractivity contribution in [2.75, 3.05) is 0 Å². The fourth-order valence-electron chi connectivity index (χ4n) is 3.55. The van der Waals surface area contributed by atoms with Crippen LogP contribution in [0.2, 0.25) is 0 Å². The summed E-state index contributed by atoms with van der Waals surface area (Å²) in [7, 11) is 0. The number of nitrogens with one attached hydrogen (secondary N) is 1. The molecule has 4 aromatic rings. The molecule has 0 aliphatic heterocycles. The Kier molecular flexibility index (Phi) is 5.31. The van der Waals surface area contributed by atoms with E-state index in [4.69, 9.17) is 10.8 Å². The number of aryl methyl sites for hydroxylation is 2. The number of tetrazole rings is 1. The number of rotatable bonds is 7. The summed E-state index contributed by atoms with van der Waals surface area (Å²) in [6.45, 7) is 1.89. The Bertz CT molecular complexity index is 1240. The highest BCUT2D eigenvalue weighted by molar-refractivity contribution is 5.93. The molecule has 0 spiro atoms. The van der Waals surface area contributed by atoms with E-state index in [1.54, 1.807) is 12.1 Å². The number of aromatic amines is 1. The van der Waals surface area contributed by atoms with Gasteiger partial charge in [0.15, 0.2) is 0 Å². The lowest BCUT2D eigenvalue weighted by Gasteiger charge is -2.17. The largest absolute Gasteiger partial charge is 0.481 e. The number of carbonyl (C=O) groups excluding carboxylic acids is 1. The Hall–Kier alpha value is -4.27. The fourth-order valence-corrected chi connectivity index (χ4v) is 3.55. The van der Waals surface area contributed by atoms with Crippen LogP contribution in [0.1, 0.15) is 28.0 Å². The number of carboxylic acid groups (broad SMARTS) is 1. The summed E-state index contributed by atoms with van der Waals surface area (Å²) >= 11 is 0. The summed E-state index contributed by atoms with van der Waals surface area (Å²) in [5, 5.41) is 23.1. The number of amides is 1. The van der Waals surface area contributed by atoms with Crippen LogP contribution in [0.15, 0.2) is 54.6 Å². The van der Waals surface area contributed by atoms with Crippen molar-refractivity contribution in [2.45, 2.75) is 19.8 Å². The van der Waals surface area contributed by atoms with Crippen molar-refractivity contribution in [1.29, 1.82) is 0 Å². The van der Waals surface area contributed by atoms with Crippen LogP contribution in [0.25, 0.3) is 28.3 Å². The molecule has 0 radical (unpaired) electrons. The Morgan fingerprint density at radius 3 is 2.42 bits per heavy atom. The van der Waals surface area contributed by atoms with E-state index >= 15 is 0 Å². The average Bonchev–Trinajstić information content (AvgIpc) is 3.42. The van der Waals surface area contributed by atoms with Gasteiger partial charge in [0, 0.05) is 22.5 Å². The Balaban J connectivity index is 1.80. The third-order valence-electron chi connectivity index (χ3n) is 5.06. The normalized spacial score (nSPS) is 10.9. The van der Waals surface area contributed by atoms with E-state index in [1.807, 2.05) is 54.0 Å². The van der Waals surface area contributed by atoms with Crippen LogP contribution in [0, 0.1) is 6.92 Å². The van der Waals surface area contributed by atoms with Gasteiger partial charge < -0.3 is 15.4 Å². The van der Waals surface area contributed by atoms with E-state index in [1.165, 1.54) is 0 Å². The molecular weight excluding hydrogens is 396 g/mol. The summed E-state index contributed by atoms with van der Waals surface area (Å²) in [4.78, 5) is 22.7. The number of nitrogens with two attached hydrogens (primary N) is 1. The lowest BCUT2D eigenvalue weighted by molar-refractivity contribution is -0.136. The quantitative estimate of drug-likeness (QED) is 0.423. The molecule has 0 atom stereocenters. The molecule has 0 bridgehead atoms. The zero-order valence-corrected chi connectivity index (χ0v) is 16.7. The van der Waals surface area contributed by atoms with E-state index in [9.17, 15) is 9.59 Å². The van der Waals surface area contributed by atoms with Crippen molar-refractivity contribution >= 4 is 11.9 Å². The van der Waals surface area contributed by atoms with Crippen LogP contribution < -0.4 is 5.73 Å². The summed E-state index contributed by atoms with van der Waals surface area (Å²) < 4.78 is 2.02. The molecule has 2 aromatic carbocycles. The molecule has 9 heteroatoms. The first-order chi connectivity index (χ1) is 14.9. The highest BCUT2D eigenvalue weighted by atomic mass is 16.4. The number of hydrogen-bond acceptors (Lipinski definition) is 5. The SMILES string of the molecule is Cc1cc(C(N)=O)ccc1-n1c(CCC(=O)O)ccc1-c1ccc(-c2nn[nH]n2)cc1. The molecule has 0 unspecified atom stereocenters. The maximum atomic E-state index is 11.5. The number of aliphatic carboxylic acids is 1. The van der Waals surface area contributed by atoms with Gasteiger partial charge in [0.25, 0.3) is 0 Å². The van der Waals surface area contributed by atoms with Gasteiger partial charge in [0.2, 0.25) is 11.7 Å². The summed E-state index contributed by atoms with van der Waals surface area (Å²) in [6.07, 6.45) is 0.381. The van der Waals surface area contributed by atoms with Crippen molar-refractivity contribution in [3.63, 3.8) is 0 Å². The van der Waals surface area contributed by atoms with Gasteiger partial charge >= 0.3 is 5.97 Å². The first-order valence-corrected chi connectivity index (χ1v) is 9.61. The van der Waals surface area contributed by atoms with Gasteiger partial charge in [-0.2, -0.15) is 5.21 Å². The monoisotopic (exact) mass is 416 g/mol. The first-order valence-electron chi connectivity index (χ1n) is 9.61. The van der Waals surface area contributed by atoms with Crippen LogP contribution in [-0.4, -0.2) is 42.2 Å². The topological polar surface area (TPSA) is 140 Å². The predicted molar refractivity (Wildman–Crippen MR) is 114 cm³/mol. The van der Waals surface area contributed by atoms with E-state index < -0.39 is 11.9 Å². The molecule has 0 aliphatic carbocycles. The Morgan fingerprint density at radius 1 is 1.06 bits per heavy atom. The molecule has 0 saturated heterocycles. The zero-order valence-electron chi connectivity index (χ0n) is 16.7. The molecular formula is C22H20N6O3. The number of H-pyrrole nitrogens is 1. The third-order valence-corrected chi connectivity index (χ3v) is 5.06. The second-order valence-electron chi connectivity index (χ2n) is 7.12. The molecule has 1 amide bonds. The molecule has 0 saturated carbocycles. The number of primary amides is 1. The lowest BCUT2D eigenvalue weighted by Crippen LogP contribution is -2.12. The molecule has 2 aromatic heterocycles. The number of carbonyl (C=O) groups is 2. The number of carboxylic acids is 1. The number of aromatic nitrogens is 5. The Morgan fingerprint density at radius 2 is 1.81 bits per heavy atom. The van der Waals surface area contributed by atoms with Crippen molar-refractivity contribution < 1.29 is 14.7 Å². The number of nitrogens with zero attached hydrogens (tertiary/aromatic N) is 4. The second-order valence-corrected chi connectivity index (χ2v) is 7.12. The van der Waals surface area contributed by atoms with Crippen molar-refractivity contribution in [2.24, 2.45) is 5.73 Å². The molecule has 0 fully saturated rings. The van der Waals surface area contributed by atoms with Crippen LogP contribution >= 0.6 is 0 Å². The smallest absolute Gasteiger partial charge is 0.303 e. The van der Waals surface area contributed by atoms with Crippen LogP contribution in [-0.2, 0) is 11.2 Å². The average molecular weight is 416 g/mol. The maximum Gasteiger partial charge on any atom is 0.303 e. The maximum absolute atomic E-state index is 11.5. The molecule has 4 N–H and O–H groups in total. The van der Waals surface area contributed by atoms with Gasteiger partial charge in [0.05, 0.1) is 12.1 Å². The number of benzene rings is 2. The highest BCUT2D eigenvalue weighted by Gasteiger charge is 2.16. The van der Waals surface area contributed by atoms with E-state index in [0.717, 1.165) is 33.8 Å². The molecule has 156 valence electrons. The zero-order chi connectivity index (χ0) is 22.0. The van der Waals surface area contributed by atoms with Gasteiger partial charge in [0.1, 0.15) is 0 Å². The Labute approximate surface area is 177 Å². The predicted octanol–water partition coefficient (Wildman–Crippen LogP) is 2.75. The summed E-state index contributed by atoms with van der Waals surface area (Å²) in [5.74, 6) is -0.855. The van der Waals surface area contributed by atoms with Gasteiger partial charge in [-0.25, -0.2) is 0 Å². The molecule has 4 rings (SSSR count). The number of hydrogen-bond donors (Lipinski definition) is 3. The summed E-state index contributed by atoms with van der Waals surface area (Å²) in [5.41, 5.74) is 11.1. The second kappa shape index (κ2) is 8.23. The standard InChI is InChI=1S/C22H20N6O3/c1-13-12-16(21(23)31)6-9-18(13)28-17(8-11-20(29)30)7-10-19(28)14-2-4-15(5-3-14)22-24-26-27-25-22/h2-7,9-10,12H,8,11H2,1H3,(H2,23,31)(H,29,30)(H,24,25,26,27). The van der Waals surface area contributed by atoms with Gasteiger partial charge in [-0.1, -0.05) is 24.3 Å². The van der Waals surface area contributed by atoms with Crippen molar-refractivity contribution in [3.8, 4) is 28.3 Å².